The third-order valence-corrected chi connectivity index (χ3v) is 1.34. The Balaban J connectivity index is 2.72. The molecule has 5 nitrogen and oxygen atoms in total. The SMILES string of the molecule is C#CC1COC(=NS(=O)(=O)F)O1. The maximum Gasteiger partial charge on any atom is 0.423 e. The molecule has 0 spiro atoms. The Hall–Kier alpha value is -1.29. The van der Waals surface area contributed by atoms with E-state index in [1.165, 1.54) is 0 Å². The molecule has 1 saturated heterocycles. The topological polar surface area (TPSA) is 65.0 Å². The van der Waals surface area contributed by atoms with E-state index >= 15 is 0 Å². The summed E-state index contributed by atoms with van der Waals surface area (Å²) in [6.07, 6.45) is 3.55. The van der Waals surface area contributed by atoms with Crippen LogP contribution in [0.25, 0.3) is 0 Å². The lowest BCUT2D eigenvalue weighted by atomic mass is 10.4. The molecule has 0 aromatic carbocycles. The second kappa shape index (κ2) is 2.98. The molecule has 1 atom stereocenters. The van der Waals surface area contributed by atoms with Gasteiger partial charge < -0.3 is 9.47 Å². The standard InChI is InChI=1S/C5H4FNO4S/c1-2-4-3-10-5(11-4)7-12(6,8)9/h1,4H,3H2. The van der Waals surface area contributed by atoms with Gasteiger partial charge in [-0.15, -0.1) is 6.42 Å². The molecule has 1 unspecified atom stereocenters. The lowest BCUT2D eigenvalue weighted by molar-refractivity contribution is 0.289. The van der Waals surface area contributed by atoms with Crippen molar-refractivity contribution in [2.45, 2.75) is 6.10 Å². The number of nitrogens with zero attached hydrogens (tertiary/aromatic N) is 1. The number of terminal acetylenes is 1. The van der Waals surface area contributed by atoms with Gasteiger partial charge in [0.1, 0.15) is 6.61 Å². The van der Waals surface area contributed by atoms with Crippen LogP contribution in [-0.4, -0.2) is 27.2 Å². The summed E-state index contributed by atoms with van der Waals surface area (Å²) in [5, 5.41) is 0. The molecule has 0 aliphatic carbocycles. The van der Waals surface area contributed by atoms with Gasteiger partial charge in [-0.2, -0.15) is 8.42 Å². The van der Waals surface area contributed by atoms with Gasteiger partial charge in [0, 0.05) is 0 Å². The Kier molecular flexibility index (Phi) is 2.19. The average molecular weight is 193 g/mol. The Morgan fingerprint density at radius 2 is 2.42 bits per heavy atom. The van der Waals surface area contributed by atoms with Crippen molar-refractivity contribution >= 4 is 16.5 Å². The molecule has 7 heteroatoms. The predicted octanol–water partition coefficient (Wildman–Crippen LogP) is -0.395. The second-order valence-corrected chi connectivity index (χ2v) is 2.86. The molecule has 1 fully saturated rings. The van der Waals surface area contributed by atoms with E-state index in [9.17, 15) is 12.3 Å². The third-order valence-electron chi connectivity index (χ3n) is 0.971. The van der Waals surface area contributed by atoms with Crippen molar-refractivity contribution in [2.24, 2.45) is 4.40 Å². The summed E-state index contributed by atoms with van der Waals surface area (Å²) in [7, 11) is -4.97. The van der Waals surface area contributed by atoms with Gasteiger partial charge in [0.2, 0.25) is 0 Å². The summed E-state index contributed by atoms with van der Waals surface area (Å²) in [4.78, 5) is 0. The first-order valence-corrected chi connectivity index (χ1v) is 4.15. The minimum Gasteiger partial charge on any atom is -0.445 e. The molecule has 0 amide bonds. The first kappa shape index (κ1) is 8.80. The largest absolute Gasteiger partial charge is 0.445 e. The number of halogens is 1. The molecular weight excluding hydrogens is 189 g/mol. The van der Waals surface area contributed by atoms with Crippen LogP contribution in [-0.2, 0) is 19.9 Å². The van der Waals surface area contributed by atoms with E-state index in [1.807, 2.05) is 0 Å². The minimum absolute atomic E-state index is 0.0230. The number of ether oxygens (including phenoxy) is 2. The van der Waals surface area contributed by atoms with Crippen LogP contribution in [0.2, 0.25) is 0 Å². The highest BCUT2D eigenvalue weighted by Crippen LogP contribution is 2.07. The Morgan fingerprint density at radius 1 is 1.75 bits per heavy atom. The molecule has 1 heterocycles. The van der Waals surface area contributed by atoms with Gasteiger partial charge in [-0.3, -0.25) is 0 Å². The van der Waals surface area contributed by atoms with E-state index in [4.69, 9.17) is 6.42 Å². The predicted molar refractivity (Wildman–Crippen MR) is 37.1 cm³/mol. The molecule has 66 valence electrons. The van der Waals surface area contributed by atoms with Crippen LogP contribution in [0.3, 0.4) is 0 Å². The summed E-state index contributed by atoms with van der Waals surface area (Å²) in [6.45, 7) is -0.0230. The van der Waals surface area contributed by atoms with E-state index in [-0.39, 0.29) is 6.61 Å². The number of hydrogen-bond acceptors (Lipinski definition) is 4. The van der Waals surface area contributed by atoms with Gasteiger partial charge >= 0.3 is 16.5 Å². The van der Waals surface area contributed by atoms with E-state index in [0.717, 1.165) is 0 Å². The molecule has 1 rings (SSSR count). The van der Waals surface area contributed by atoms with Crippen LogP contribution in [0.1, 0.15) is 0 Å². The summed E-state index contributed by atoms with van der Waals surface area (Å²) in [5.41, 5.74) is 0. The van der Waals surface area contributed by atoms with Crippen molar-refractivity contribution in [3.05, 3.63) is 0 Å². The van der Waals surface area contributed by atoms with Crippen molar-refractivity contribution in [2.75, 3.05) is 6.61 Å². The lowest BCUT2D eigenvalue weighted by Crippen LogP contribution is -2.06. The molecular formula is C5H4FNO4S. The molecule has 0 radical (unpaired) electrons. The Labute approximate surface area is 68.5 Å². The lowest BCUT2D eigenvalue weighted by Gasteiger charge is -1.93. The van der Waals surface area contributed by atoms with Gasteiger partial charge in [0.05, 0.1) is 0 Å². The van der Waals surface area contributed by atoms with Gasteiger partial charge in [-0.1, -0.05) is 14.2 Å². The molecule has 0 N–H and O–H groups in total. The van der Waals surface area contributed by atoms with E-state index in [2.05, 4.69) is 19.8 Å². The van der Waals surface area contributed by atoms with E-state index < -0.39 is 22.6 Å². The molecule has 12 heavy (non-hydrogen) atoms. The van der Waals surface area contributed by atoms with Crippen LogP contribution < -0.4 is 0 Å². The summed E-state index contributed by atoms with van der Waals surface area (Å²) >= 11 is 0. The summed E-state index contributed by atoms with van der Waals surface area (Å²) in [5.74, 6) is 2.13. The fourth-order valence-corrected chi connectivity index (χ4v) is 0.830. The number of rotatable bonds is 1. The zero-order valence-corrected chi connectivity index (χ0v) is 6.54. The van der Waals surface area contributed by atoms with Crippen molar-refractivity contribution in [3.63, 3.8) is 0 Å². The maximum atomic E-state index is 11.8. The third kappa shape index (κ3) is 2.39. The highest BCUT2D eigenvalue weighted by Gasteiger charge is 2.23. The summed E-state index contributed by atoms with van der Waals surface area (Å²) in [6, 6.07) is 0. The molecule has 1 aliphatic rings. The normalized spacial score (nSPS) is 26.0. The van der Waals surface area contributed by atoms with Gasteiger partial charge in [-0.25, -0.2) is 0 Å². The average Bonchev–Trinajstić information content (AvgIpc) is 2.32. The van der Waals surface area contributed by atoms with Gasteiger partial charge in [0.15, 0.2) is 6.10 Å². The Morgan fingerprint density at radius 3 is 2.83 bits per heavy atom. The van der Waals surface area contributed by atoms with Crippen molar-refractivity contribution < 1.29 is 21.8 Å². The van der Waals surface area contributed by atoms with Crippen LogP contribution in [0.5, 0.6) is 0 Å². The zero-order valence-electron chi connectivity index (χ0n) is 5.73. The fourth-order valence-electron chi connectivity index (χ4n) is 0.556. The molecule has 0 aromatic heterocycles. The van der Waals surface area contributed by atoms with E-state index in [1.54, 1.807) is 0 Å². The van der Waals surface area contributed by atoms with E-state index in [0.29, 0.717) is 0 Å². The van der Waals surface area contributed by atoms with Crippen LogP contribution in [0.15, 0.2) is 4.40 Å². The summed E-state index contributed by atoms with van der Waals surface area (Å²) < 4.78 is 43.2. The first-order valence-electron chi connectivity index (χ1n) is 2.81. The van der Waals surface area contributed by atoms with Crippen molar-refractivity contribution in [1.29, 1.82) is 0 Å². The van der Waals surface area contributed by atoms with Crippen molar-refractivity contribution in [1.82, 2.24) is 0 Å². The molecule has 0 bridgehead atoms. The first-order chi connectivity index (χ1) is 5.51. The van der Waals surface area contributed by atoms with Gasteiger partial charge in [0.25, 0.3) is 0 Å². The molecule has 0 aromatic rings. The van der Waals surface area contributed by atoms with Crippen LogP contribution in [0.4, 0.5) is 3.89 Å². The maximum absolute atomic E-state index is 11.8. The molecule has 0 saturated carbocycles. The zero-order chi connectivity index (χ0) is 9.19. The fraction of sp³-hybridized carbons (Fsp3) is 0.400. The van der Waals surface area contributed by atoms with Crippen molar-refractivity contribution in [3.8, 4) is 12.3 Å². The molecule has 1 aliphatic heterocycles. The Bertz CT molecular complexity index is 341. The van der Waals surface area contributed by atoms with Gasteiger partial charge in [-0.05, 0) is 0 Å². The minimum atomic E-state index is -4.97. The smallest absolute Gasteiger partial charge is 0.423 e. The highest BCUT2D eigenvalue weighted by molar-refractivity contribution is 7.85. The van der Waals surface area contributed by atoms with Crippen LogP contribution >= 0.6 is 0 Å². The quantitative estimate of drug-likeness (QED) is 0.420. The number of hydrogen-bond donors (Lipinski definition) is 0. The second-order valence-electron chi connectivity index (χ2n) is 1.85. The monoisotopic (exact) mass is 193 g/mol. The highest BCUT2D eigenvalue weighted by atomic mass is 32.3. The van der Waals surface area contributed by atoms with Crippen LogP contribution in [0, 0.1) is 12.3 Å².